The van der Waals surface area contributed by atoms with Crippen molar-refractivity contribution in [3.8, 4) is 11.5 Å². The average molecular weight is 355 g/mol. The molecule has 1 saturated heterocycles. The van der Waals surface area contributed by atoms with Gasteiger partial charge >= 0.3 is 0 Å². The summed E-state index contributed by atoms with van der Waals surface area (Å²) in [5, 5.41) is 11.1. The number of carbonyl (C=O) groups excluding carboxylic acids is 1. The summed E-state index contributed by atoms with van der Waals surface area (Å²) in [4.78, 5) is 12.1. The predicted octanol–water partition coefficient (Wildman–Crippen LogP) is 3.00. The zero-order valence-electron chi connectivity index (χ0n) is 13.8. The summed E-state index contributed by atoms with van der Waals surface area (Å²) in [5.74, 6) is 1.24. The molecule has 0 radical (unpaired) electrons. The Kier molecular flexibility index (Phi) is 5.35. The van der Waals surface area contributed by atoms with Gasteiger partial charge < -0.3 is 14.8 Å². The van der Waals surface area contributed by atoms with Gasteiger partial charge in [-0.25, -0.2) is 0 Å². The van der Waals surface area contributed by atoms with Crippen LogP contribution >= 0.6 is 11.8 Å². The Morgan fingerprint density at radius 1 is 1.12 bits per heavy atom. The van der Waals surface area contributed by atoms with E-state index in [-0.39, 0.29) is 11.2 Å². The van der Waals surface area contributed by atoms with Gasteiger partial charge in [0.15, 0.2) is 5.17 Å². The third-order valence-electron chi connectivity index (χ3n) is 3.59. The van der Waals surface area contributed by atoms with Crippen LogP contribution in [0.25, 0.3) is 0 Å². The van der Waals surface area contributed by atoms with Crippen molar-refractivity contribution in [2.24, 2.45) is 10.2 Å². The fourth-order valence-electron chi connectivity index (χ4n) is 2.33. The number of nitrogens with one attached hydrogen (secondary N) is 1. The Morgan fingerprint density at radius 3 is 2.64 bits per heavy atom. The minimum absolute atomic E-state index is 0.0906. The summed E-state index contributed by atoms with van der Waals surface area (Å²) in [6, 6.07) is 15.0. The Labute approximate surface area is 149 Å². The SMILES string of the molecule is COc1ccc(/C=N\N=C2/NC(=O)[C@H](c3ccccc3)S2)c(OC)c1. The van der Waals surface area contributed by atoms with Crippen LogP contribution in [0.5, 0.6) is 11.5 Å². The number of ether oxygens (including phenoxy) is 2. The highest BCUT2D eigenvalue weighted by atomic mass is 32.2. The smallest absolute Gasteiger partial charge is 0.244 e. The lowest BCUT2D eigenvalue weighted by molar-refractivity contribution is -0.118. The van der Waals surface area contributed by atoms with Crippen molar-refractivity contribution in [3.05, 3.63) is 59.7 Å². The maximum Gasteiger partial charge on any atom is 0.244 e. The minimum Gasteiger partial charge on any atom is -0.497 e. The van der Waals surface area contributed by atoms with Crippen LogP contribution in [0.4, 0.5) is 0 Å². The molecular weight excluding hydrogens is 338 g/mol. The summed E-state index contributed by atoms with van der Waals surface area (Å²) >= 11 is 1.35. The van der Waals surface area contributed by atoms with Crippen LogP contribution < -0.4 is 14.8 Å². The number of carbonyl (C=O) groups is 1. The van der Waals surface area contributed by atoms with Crippen LogP contribution in [0, 0.1) is 0 Å². The molecule has 0 saturated carbocycles. The van der Waals surface area contributed by atoms with E-state index in [1.54, 1.807) is 26.5 Å². The van der Waals surface area contributed by atoms with E-state index in [1.807, 2.05) is 42.5 Å². The molecule has 6 nitrogen and oxygen atoms in total. The fourth-order valence-corrected chi connectivity index (χ4v) is 3.27. The van der Waals surface area contributed by atoms with Crippen molar-refractivity contribution in [2.75, 3.05) is 14.2 Å². The first-order chi connectivity index (χ1) is 12.2. The summed E-state index contributed by atoms with van der Waals surface area (Å²) in [6.07, 6.45) is 1.58. The molecule has 1 fully saturated rings. The molecule has 1 heterocycles. The number of hydrogen-bond donors (Lipinski definition) is 1. The minimum atomic E-state index is -0.300. The molecule has 7 heteroatoms. The van der Waals surface area contributed by atoms with Crippen LogP contribution in [0.3, 0.4) is 0 Å². The number of rotatable bonds is 5. The predicted molar refractivity (Wildman–Crippen MR) is 99.5 cm³/mol. The second-order valence-electron chi connectivity index (χ2n) is 5.16. The molecule has 1 amide bonds. The highest BCUT2D eigenvalue weighted by Crippen LogP contribution is 2.34. The lowest BCUT2D eigenvalue weighted by Gasteiger charge is -2.06. The Hall–Kier alpha value is -2.80. The van der Waals surface area contributed by atoms with E-state index in [9.17, 15) is 4.79 Å². The van der Waals surface area contributed by atoms with Gasteiger partial charge in [-0.15, -0.1) is 5.10 Å². The Morgan fingerprint density at radius 2 is 1.92 bits per heavy atom. The van der Waals surface area contributed by atoms with Crippen LogP contribution in [-0.2, 0) is 4.79 Å². The van der Waals surface area contributed by atoms with E-state index >= 15 is 0 Å². The van der Waals surface area contributed by atoms with E-state index in [2.05, 4.69) is 15.5 Å². The number of nitrogens with zero attached hydrogens (tertiary/aromatic N) is 2. The number of amidine groups is 1. The van der Waals surface area contributed by atoms with Crippen molar-refractivity contribution in [1.29, 1.82) is 0 Å². The molecule has 0 aromatic heterocycles. The van der Waals surface area contributed by atoms with E-state index < -0.39 is 0 Å². The molecule has 1 aliphatic rings. The van der Waals surface area contributed by atoms with Gasteiger partial charge in [-0.05, 0) is 17.7 Å². The molecule has 2 aromatic carbocycles. The van der Waals surface area contributed by atoms with E-state index in [0.717, 1.165) is 11.1 Å². The molecule has 1 atom stereocenters. The third kappa shape index (κ3) is 4.00. The van der Waals surface area contributed by atoms with Crippen LogP contribution in [0.15, 0.2) is 58.7 Å². The average Bonchev–Trinajstić information content (AvgIpc) is 3.03. The van der Waals surface area contributed by atoms with Crippen molar-refractivity contribution in [2.45, 2.75) is 5.25 Å². The molecule has 1 aliphatic heterocycles. The molecule has 0 bridgehead atoms. The first kappa shape index (κ1) is 17.0. The quantitative estimate of drug-likeness (QED) is 0.661. The van der Waals surface area contributed by atoms with Crippen molar-refractivity contribution in [3.63, 3.8) is 0 Å². The van der Waals surface area contributed by atoms with Gasteiger partial charge in [-0.2, -0.15) is 5.10 Å². The number of benzene rings is 2. The number of amides is 1. The van der Waals surface area contributed by atoms with Crippen molar-refractivity contribution >= 4 is 29.1 Å². The maximum absolute atomic E-state index is 12.1. The second kappa shape index (κ2) is 7.85. The zero-order valence-corrected chi connectivity index (χ0v) is 14.6. The van der Waals surface area contributed by atoms with Gasteiger partial charge in [0.05, 0.1) is 20.4 Å². The zero-order chi connectivity index (χ0) is 17.6. The van der Waals surface area contributed by atoms with Gasteiger partial charge in [0.1, 0.15) is 16.7 Å². The van der Waals surface area contributed by atoms with Gasteiger partial charge in [-0.3, -0.25) is 4.79 Å². The Bertz CT molecular complexity index is 822. The first-order valence-electron chi connectivity index (χ1n) is 7.57. The van der Waals surface area contributed by atoms with Crippen LogP contribution in [-0.4, -0.2) is 31.5 Å². The standard InChI is InChI=1S/C18H17N3O3S/c1-23-14-9-8-13(15(10-14)24-2)11-19-21-18-20-17(22)16(25-18)12-6-4-3-5-7-12/h3-11,16H,1-2H3,(H,20,21,22)/b19-11-/t16-/m0/s1. The Balaban J connectivity index is 1.72. The van der Waals surface area contributed by atoms with Crippen LogP contribution in [0.2, 0.25) is 0 Å². The largest absolute Gasteiger partial charge is 0.497 e. The highest BCUT2D eigenvalue weighted by molar-refractivity contribution is 8.15. The van der Waals surface area contributed by atoms with E-state index in [1.165, 1.54) is 11.8 Å². The van der Waals surface area contributed by atoms with Gasteiger partial charge in [0, 0.05) is 11.6 Å². The molecular formula is C18H17N3O3S. The van der Waals surface area contributed by atoms with Gasteiger partial charge in [0.2, 0.25) is 5.91 Å². The molecule has 25 heavy (non-hydrogen) atoms. The summed E-state index contributed by atoms with van der Waals surface area (Å²) in [7, 11) is 3.17. The summed E-state index contributed by atoms with van der Waals surface area (Å²) in [5.41, 5.74) is 1.71. The normalized spacial score (nSPS) is 18.6. The molecule has 0 unspecified atom stereocenters. The molecule has 0 spiro atoms. The molecule has 0 aliphatic carbocycles. The van der Waals surface area contributed by atoms with E-state index in [0.29, 0.717) is 16.7 Å². The van der Waals surface area contributed by atoms with Crippen molar-refractivity contribution in [1.82, 2.24) is 5.32 Å². The monoisotopic (exact) mass is 355 g/mol. The lowest BCUT2D eigenvalue weighted by atomic mass is 10.1. The van der Waals surface area contributed by atoms with Gasteiger partial charge in [0.25, 0.3) is 0 Å². The topological polar surface area (TPSA) is 72.3 Å². The maximum atomic E-state index is 12.1. The fraction of sp³-hybridized carbons (Fsp3) is 0.167. The van der Waals surface area contributed by atoms with Crippen molar-refractivity contribution < 1.29 is 14.3 Å². The number of thioether (sulfide) groups is 1. The summed E-state index contributed by atoms with van der Waals surface area (Å²) in [6.45, 7) is 0. The van der Waals surface area contributed by atoms with Gasteiger partial charge in [-0.1, -0.05) is 42.1 Å². The second-order valence-corrected chi connectivity index (χ2v) is 6.25. The van der Waals surface area contributed by atoms with E-state index in [4.69, 9.17) is 9.47 Å². The molecule has 3 rings (SSSR count). The summed E-state index contributed by atoms with van der Waals surface area (Å²) < 4.78 is 10.5. The lowest BCUT2D eigenvalue weighted by Crippen LogP contribution is -2.21. The molecule has 2 aromatic rings. The molecule has 1 N–H and O–H groups in total. The number of hydrogen-bond acceptors (Lipinski definition) is 6. The first-order valence-corrected chi connectivity index (χ1v) is 8.44. The number of methoxy groups -OCH3 is 2. The van der Waals surface area contributed by atoms with Crippen LogP contribution in [0.1, 0.15) is 16.4 Å². The molecule has 128 valence electrons. The third-order valence-corrected chi connectivity index (χ3v) is 4.72. The highest BCUT2D eigenvalue weighted by Gasteiger charge is 2.31.